The first-order chi connectivity index (χ1) is 9.47. The zero-order valence-corrected chi connectivity index (χ0v) is 13.5. The van der Waals surface area contributed by atoms with E-state index >= 15 is 0 Å². The van der Waals surface area contributed by atoms with Crippen LogP contribution in [0.4, 0.5) is 0 Å². The molecule has 2 fully saturated rings. The molecule has 0 amide bonds. The lowest BCUT2D eigenvalue weighted by molar-refractivity contribution is 0.0551. The lowest BCUT2D eigenvalue weighted by Gasteiger charge is -2.33. The second-order valence-corrected chi connectivity index (χ2v) is 8.26. The highest BCUT2D eigenvalue weighted by atomic mass is 32.2. The fourth-order valence-electron chi connectivity index (χ4n) is 3.23. The van der Waals surface area contributed by atoms with Gasteiger partial charge in [-0.1, -0.05) is 0 Å². The number of hydrogen-bond acceptors (Lipinski definition) is 4. The topological polar surface area (TPSA) is 58.6 Å². The molecule has 5 nitrogen and oxygen atoms in total. The minimum absolute atomic E-state index is 0.445. The van der Waals surface area contributed by atoms with E-state index < -0.39 is 10.0 Å². The Bertz CT molecular complexity index is 393. The predicted octanol–water partition coefficient (Wildman–Crippen LogP) is 1.06. The molecular weight excluding hydrogens is 276 g/mol. The van der Waals surface area contributed by atoms with Crippen molar-refractivity contribution in [1.29, 1.82) is 0 Å². The second kappa shape index (κ2) is 7.20. The van der Waals surface area contributed by atoms with Crippen molar-refractivity contribution in [1.82, 2.24) is 9.62 Å². The molecule has 2 rings (SSSR count). The lowest BCUT2D eigenvalue weighted by Crippen LogP contribution is -2.45. The summed E-state index contributed by atoms with van der Waals surface area (Å²) in [4.78, 5) is 0. The summed E-state index contributed by atoms with van der Waals surface area (Å²) < 4.78 is 30.2. The number of nitrogens with one attached hydrogen (secondary N) is 1. The Morgan fingerprint density at radius 3 is 2.65 bits per heavy atom. The summed E-state index contributed by atoms with van der Waals surface area (Å²) in [6.07, 6.45) is 5.68. The predicted molar refractivity (Wildman–Crippen MR) is 80.1 cm³/mol. The number of hydrogen-bond donors (Lipinski definition) is 1. The Hall–Kier alpha value is -0.170. The van der Waals surface area contributed by atoms with Gasteiger partial charge in [-0.05, 0) is 51.0 Å². The molecule has 6 heteroatoms. The molecule has 1 N–H and O–H groups in total. The first-order valence-electron chi connectivity index (χ1n) is 7.73. The fraction of sp³-hybridized carbons (Fsp3) is 1.00. The van der Waals surface area contributed by atoms with Gasteiger partial charge in [0, 0.05) is 32.3 Å². The van der Waals surface area contributed by atoms with E-state index in [9.17, 15) is 8.42 Å². The van der Waals surface area contributed by atoms with Gasteiger partial charge in [-0.15, -0.1) is 0 Å². The lowest BCUT2D eigenvalue weighted by atomic mass is 9.92. The molecule has 20 heavy (non-hydrogen) atoms. The van der Waals surface area contributed by atoms with Crippen LogP contribution in [0.5, 0.6) is 0 Å². The molecule has 118 valence electrons. The molecule has 0 aromatic rings. The van der Waals surface area contributed by atoms with Crippen molar-refractivity contribution >= 4 is 10.0 Å². The highest BCUT2D eigenvalue weighted by Gasteiger charge is 2.27. The molecule has 2 aliphatic heterocycles. The monoisotopic (exact) mass is 304 g/mol. The Labute approximate surface area is 123 Å². The molecule has 0 aromatic heterocycles. The van der Waals surface area contributed by atoms with Crippen molar-refractivity contribution in [3.8, 4) is 0 Å². The maximum atomic E-state index is 11.6. The highest BCUT2D eigenvalue weighted by molar-refractivity contribution is 7.88. The zero-order valence-electron chi connectivity index (χ0n) is 12.7. The first kappa shape index (κ1) is 16.2. The van der Waals surface area contributed by atoms with Gasteiger partial charge in [-0.2, -0.15) is 0 Å². The van der Waals surface area contributed by atoms with Gasteiger partial charge in [0.2, 0.25) is 10.0 Å². The minimum atomic E-state index is -3.03. The van der Waals surface area contributed by atoms with E-state index in [2.05, 4.69) is 12.2 Å². The highest BCUT2D eigenvalue weighted by Crippen LogP contribution is 2.21. The molecular formula is C14H28N2O3S. The summed E-state index contributed by atoms with van der Waals surface area (Å²) >= 11 is 0. The van der Waals surface area contributed by atoms with Crippen molar-refractivity contribution in [2.75, 3.05) is 39.1 Å². The van der Waals surface area contributed by atoms with Crippen LogP contribution in [0.3, 0.4) is 0 Å². The third kappa shape index (κ3) is 4.69. The van der Waals surface area contributed by atoms with Crippen LogP contribution in [0, 0.1) is 11.8 Å². The number of nitrogens with zero attached hydrogens (tertiary/aromatic N) is 1. The zero-order chi connectivity index (χ0) is 14.6. The Kier molecular flexibility index (Phi) is 5.84. The molecule has 2 heterocycles. The molecule has 0 saturated carbocycles. The van der Waals surface area contributed by atoms with Crippen LogP contribution < -0.4 is 5.32 Å². The van der Waals surface area contributed by atoms with Crippen LogP contribution in [-0.4, -0.2) is 57.9 Å². The van der Waals surface area contributed by atoms with Crippen LogP contribution >= 0.6 is 0 Å². The number of rotatable bonds is 5. The standard InChI is InChI=1S/C14H28N2O3S/c1-12(14-5-8-19-9-6-14)15-10-13-4-3-7-16(11-13)20(2,17)18/h12-15H,3-11H2,1-2H3/t12-,13+/m0/s1. The average Bonchev–Trinajstić information content (AvgIpc) is 2.45. The van der Waals surface area contributed by atoms with Crippen LogP contribution in [0.25, 0.3) is 0 Å². The smallest absolute Gasteiger partial charge is 0.211 e. The first-order valence-corrected chi connectivity index (χ1v) is 9.58. The van der Waals surface area contributed by atoms with E-state index in [-0.39, 0.29) is 0 Å². The quantitative estimate of drug-likeness (QED) is 0.825. The van der Waals surface area contributed by atoms with Gasteiger partial charge in [0.05, 0.1) is 6.26 Å². The minimum Gasteiger partial charge on any atom is -0.381 e. The van der Waals surface area contributed by atoms with E-state index in [0.29, 0.717) is 31.0 Å². The molecule has 0 aliphatic carbocycles. The van der Waals surface area contributed by atoms with Crippen molar-refractivity contribution in [3.05, 3.63) is 0 Å². The average molecular weight is 304 g/mol. The Morgan fingerprint density at radius 1 is 1.30 bits per heavy atom. The molecule has 0 spiro atoms. The molecule has 2 atom stereocenters. The molecule has 0 unspecified atom stereocenters. The van der Waals surface area contributed by atoms with Crippen molar-refractivity contribution < 1.29 is 13.2 Å². The number of sulfonamides is 1. The van der Waals surface area contributed by atoms with Gasteiger partial charge in [-0.25, -0.2) is 12.7 Å². The summed E-state index contributed by atoms with van der Waals surface area (Å²) in [7, 11) is -3.03. The maximum absolute atomic E-state index is 11.6. The van der Waals surface area contributed by atoms with Crippen molar-refractivity contribution in [2.24, 2.45) is 11.8 Å². The van der Waals surface area contributed by atoms with Gasteiger partial charge in [-0.3, -0.25) is 0 Å². The Morgan fingerprint density at radius 2 is 2.00 bits per heavy atom. The number of ether oxygens (including phenoxy) is 1. The number of piperidine rings is 1. The van der Waals surface area contributed by atoms with Gasteiger partial charge in [0.25, 0.3) is 0 Å². The van der Waals surface area contributed by atoms with E-state index in [1.54, 1.807) is 4.31 Å². The Balaban J connectivity index is 1.75. The molecule has 2 saturated heterocycles. The van der Waals surface area contributed by atoms with Gasteiger partial charge < -0.3 is 10.1 Å². The van der Waals surface area contributed by atoms with Gasteiger partial charge in [0.15, 0.2) is 0 Å². The van der Waals surface area contributed by atoms with Gasteiger partial charge >= 0.3 is 0 Å². The van der Waals surface area contributed by atoms with Crippen molar-refractivity contribution in [2.45, 2.75) is 38.6 Å². The van der Waals surface area contributed by atoms with E-state index in [1.807, 2.05) is 0 Å². The van der Waals surface area contributed by atoms with Gasteiger partial charge in [0.1, 0.15) is 0 Å². The molecule has 2 aliphatic rings. The van der Waals surface area contributed by atoms with Crippen LogP contribution in [0.2, 0.25) is 0 Å². The van der Waals surface area contributed by atoms with Crippen LogP contribution in [0.1, 0.15) is 32.6 Å². The van der Waals surface area contributed by atoms with E-state index in [4.69, 9.17) is 4.74 Å². The van der Waals surface area contributed by atoms with Crippen molar-refractivity contribution in [3.63, 3.8) is 0 Å². The third-order valence-electron chi connectivity index (χ3n) is 4.65. The SMILES string of the molecule is C[C@H](NC[C@H]1CCCN(S(C)(=O)=O)C1)C1CCOCC1. The normalized spacial score (nSPS) is 28.4. The molecule has 0 bridgehead atoms. The van der Waals surface area contributed by atoms with E-state index in [1.165, 1.54) is 6.26 Å². The summed E-state index contributed by atoms with van der Waals surface area (Å²) in [5.74, 6) is 1.14. The fourth-order valence-corrected chi connectivity index (χ4v) is 4.17. The molecule has 0 aromatic carbocycles. The largest absolute Gasteiger partial charge is 0.381 e. The molecule has 0 radical (unpaired) electrons. The summed E-state index contributed by atoms with van der Waals surface area (Å²) in [6.45, 7) is 6.28. The summed E-state index contributed by atoms with van der Waals surface area (Å²) in [5.41, 5.74) is 0. The summed E-state index contributed by atoms with van der Waals surface area (Å²) in [6, 6.07) is 0.493. The van der Waals surface area contributed by atoms with Crippen LogP contribution in [-0.2, 0) is 14.8 Å². The second-order valence-electron chi connectivity index (χ2n) is 6.28. The van der Waals surface area contributed by atoms with E-state index in [0.717, 1.165) is 45.4 Å². The summed E-state index contributed by atoms with van der Waals surface area (Å²) in [5, 5.41) is 3.62. The third-order valence-corrected chi connectivity index (χ3v) is 5.92. The maximum Gasteiger partial charge on any atom is 0.211 e. The van der Waals surface area contributed by atoms with Crippen LogP contribution in [0.15, 0.2) is 0 Å².